The highest BCUT2D eigenvalue weighted by Crippen LogP contribution is 2.22. The van der Waals surface area contributed by atoms with Crippen molar-refractivity contribution in [1.82, 2.24) is 14.7 Å². The van der Waals surface area contributed by atoms with Gasteiger partial charge in [0.15, 0.2) is 0 Å². The van der Waals surface area contributed by atoms with Crippen LogP contribution in [0.4, 0.5) is 0 Å². The van der Waals surface area contributed by atoms with Crippen LogP contribution in [0.1, 0.15) is 50.7 Å². The van der Waals surface area contributed by atoms with Gasteiger partial charge in [-0.15, -0.1) is 0 Å². The minimum absolute atomic E-state index is 0.289. The number of likely N-dealkylation sites (tertiary alicyclic amines) is 1. The number of aryl methyl sites for hydroxylation is 1. The molecule has 1 aromatic carbocycles. The van der Waals surface area contributed by atoms with Crippen LogP contribution in [-0.2, 0) is 17.8 Å². The molecule has 1 aromatic heterocycles. The van der Waals surface area contributed by atoms with Crippen molar-refractivity contribution < 1.29 is 9.21 Å². The Morgan fingerprint density at radius 2 is 1.81 bits per heavy atom. The molecule has 168 valence electrons. The van der Waals surface area contributed by atoms with Crippen LogP contribution in [0, 0.1) is 0 Å². The van der Waals surface area contributed by atoms with Gasteiger partial charge in [0, 0.05) is 56.8 Å². The fourth-order valence-electron chi connectivity index (χ4n) is 5.01. The zero-order valence-corrected chi connectivity index (χ0v) is 18.9. The number of benzene rings is 1. The smallest absolute Gasteiger partial charge is 0.336 e. The van der Waals surface area contributed by atoms with Gasteiger partial charge >= 0.3 is 5.63 Å². The van der Waals surface area contributed by atoms with E-state index in [1.165, 1.54) is 12.0 Å². The molecule has 2 aliphatic heterocycles. The molecule has 0 N–H and O–H groups in total. The van der Waals surface area contributed by atoms with Gasteiger partial charge < -0.3 is 9.32 Å². The van der Waals surface area contributed by atoms with E-state index in [0.717, 1.165) is 75.9 Å². The molecule has 6 heteroatoms. The van der Waals surface area contributed by atoms with Gasteiger partial charge in [-0.3, -0.25) is 14.6 Å². The summed E-state index contributed by atoms with van der Waals surface area (Å²) >= 11 is 0. The maximum Gasteiger partial charge on any atom is 0.336 e. The van der Waals surface area contributed by atoms with Crippen LogP contribution in [0.25, 0.3) is 11.0 Å². The van der Waals surface area contributed by atoms with Crippen molar-refractivity contribution in [3.8, 4) is 0 Å². The molecule has 0 aliphatic carbocycles. The fourth-order valence-corrected chi connectivity index (χ4v) is 5.01. The minimum atomic E-state index is -0.289. The molecule has 0 spiro atoms. The lowest BCUT2D eigenvalue weighted by Gasteiger charge is -2.39. The number of piperidine rings is 1. The Morgan fingerprint density at radius 1 is 1.03 bits per heavy atom. The standard InChI is InChI=1S/C25H35N3O3/c1-3-19-8-9-23-22(15-19)20(16-25(30)31-23)17-26-11-13-27(14-12-26)18-24(29)28-10-6-5-7-21(28)4-2/h8-9,15-16,21H,3-7,10-14,17-18H2,1-2H3/t21-/m0/s1. The average molecular weight is 426 g/mol. The van der Waals surface area contributed by atoms with Crippen LogP contribution in [0.3, 0.4) is 0 Å². The Kier molecular flexibility index (Phi) is 7.08. The van der Waals surface area contributed by atoms with Gasteiger partial charge in [-0.05, 0) is 55.4 Å². The van der Waals surface area contributed by atoms with E-state index >= 15 is 0 Å². The summed E-state index contributed by atoms with van der Waals surface area (Å²) in [6.07, 6.45) is 5.53. The summed E-state index contributed by atoms with van der Waals surface area (Å²) in [5.74, 6) is 0.291. The van der Waals surface area contributed by atoms with Crippen LogP contribution < -0.4 is 5.63 Å². The molecule has 1 atom stereocenters. The number of carbonyl (C=O) groups excluding carboxylic acids is 1. The number of nitrogens with zero attached hydrogens (tertiary/aromatic N) is 3. The molecular formula is C25H35N3O3. The van der Waals surface area contributed by atoms with Gasteiger partial charge in [0.25, 0.3) is 0 Å². The third-order valence-corrected chi connectivity index (χ3v) is 6.94. The van der Waals surface area contributed by atoms with Crippen LogP contribution in [0.15, 0.2) is 33.5 Å². The van der Waals surface area contributed by atoms with Gasteiger partial charge in [0.05, 0.1) is 6.54 Å². The molecule has 3 heterocycles. The first-order valence-corrected chi connectivity index (χ1v) is 11.9. The predicted molar refractivity (Wildman–Crippen MR) is 123 cm³/mol. The van der Waals surface area contributed by atoms with E-state index in [9.17, 15) is 9.59 Å². The average Bonchev–Trinajstić information content (AvgIpc) is 2.80. The Labute approximate surface area is 184 Å². The summed E-state index contributed by atoms with van der Waals surface area (Å²) in [7, 11) is 0. The maximum atomic E-state index is 12.9. The summed E-state index contributed by atoms with van der Waals surface area (Å²) in [5, 5.41) is 1.03. The van der Waals surface area contributed by atoms with E-state index in [4.69, 9.17) is 4.42 Å². The third kappa shape index (κ3) is 5.18. The van der Waals surface area contributed by atoms with Crippen LogP contribution in [0.2, 0.25) is 0 Å². The number of hydrogen-bond acceptors (Lipinski definition) is 5. The lowest BCUT2D eigenvalue weighted by atomic mass is 10.00. The largest absolute Gasteiger partial charge is 0.423 e. The molecule has 2 aliphatic rings. The highest BCUT2D eigenvalue weighted by atomic mass is 16.4. The van der Waals surface area contributed by atoms with Crippen molar-refractivity contribution in [3.05, 3.63) is 45.8 Å². The molecule has 0 saturated carbocycles. The Hall–Kier alpha value is -2.18. The second kappa shape index (κ2) is 9.96. The second-order valence-electron chi connectivity index (χ2n) is 8.97. The minimum Gasteiger partial charge on any atom is -0.423 e. The van der Waals surface area contributed by atoms with E-state index in [2.05, 4.69) is 34.6 Å². The van der Waals surface area contributed by atoms with Crippen molar-refractivity contribution >= 4 is 16.9 Å². The highest BCUT2D eigenvalue weighted by Gasteiger charge is 2.27. The van der Waals surface area contributed by atoms with Gasteiger partial charge in [-0.2, -0.15) is 0 Å². The molecule has 0 radical (unpaired) electrons. The third-order valence-electron chi connectivity index (χ3n) is 6.94. The lowest BCUT2D eigenvalue weighted by Crippen LogP contribution is -2.52. The summed E-state index contributed by atoms with van der Waals surface area (Å²) in [6, 6.07) is 8.14. The van der Waals surface area contributed by atoms with Crippen molar-refractivity contribution in [2.45, 2.75) is 58.5 Å². The van der Waals surface area contributed by atoms with Crippen LogP contribution in [-0.4, -0.2) is 65.9 Å². The van der Waals surface area contributed by atoms with Crippen molar-refractivity contribution in [3.63, 3.8) is 0 Å². The van der Waals surface area contributed by atoms with Gasteiger partial charge in [-0.1, -0.05) is 19.9 Å². The number of amides is 1. The van der Waals surface area contributed by atoms with E-state index in [-0.39, 0.29) is 5.63 Å². The quantitative estimate of drug-likeness (QED) is 0.665. The Morgan fingerprint density at radius 3 is 2.55 bits per heavy atom. The molecule has 2 aromatic rings. The second-order valence-corrected chi connectivity index (χ2v) is 8.97. The van der Waals surface area contributed by atoms with E-state index < -0.39 is 0 Å². The normalized spacial score (nSPS) is 21.0. The summed E-state index contributed by atoms with van der Waals surface area (Å²) < 4.78 is 5.40. The van der Waals surface area contributed by atoms with E-state index in [0.29, 0.717) is 24.1 Å². The van der Waals surface area contributed by atoms with Gasteiger partial charge in [0.2, 0.25) is 5.91 Å². The molecule has 6 nitrogen and oxygen atoms in total. The highest BCUT2D eigenvalue weighted by molar-refractivity contribution is 5.81. The first-order chi connectivity index (χ1) is 15.1. The first kappa shape index (κ1) is 22.0. The molecule has 0 unspecified atom stereocenters. The molecule has 0 bridgehead atoms. The van der Waals surface area contributed by atoms with Crippen molar-refractivity contribution in [2.24, 2.45) is 0 Å². The summed E-state index contributed by atoms with van der Waals surface area (Å²) in [5.41, 5.74) is 2.65. The molecule has 2 saturated heterocycles. The Balaban J connectivity index is 1.36. The number of carbonyl (C=O) groups is 1. The zero-order valence-electron chi connectivity index (χ0n) is 18.9. The molecule has 1 amide bonds. The fraction of sp³-hybridized carbons (Fsp3) is 0.600. The topological polar surface area (TPSA) is 57.0 Å². The van der Waals surface area contributed by atoms with Crippen LogP contribution in [0.5, 0.6) is 0 Å². The lowest BCUT2D eigenvalue weighted by molar-refractivity contribution is -0.136. The van der Waals surface area contributed by atoms with Crippen molar-refractivity contribution in [1.29, 1.82) is 0 Å². The van der Waals surface area contributed by atoms with Crippen molar-refractivity contribution in [2.75, 3.05) is 39.3 Å². The number of hydrogen-bond donors (Lipinski definition) is 0. The molecular weight excluding hydrogens is 390 g/mol. The molecule has 31 heavy (non-hydrogen) atoms. The SMILES string of the molecule is CCc1ccc2oc(=O)cc(CN3CCN(CC(=O)N4CCCC[C@@H]4CC)CC3)c2c1. The van der Waals surface area contributed by atoms with E-state index in [1.54, 1.807) is 6.07 Å². The van der Waals surface area contributed by atoms with Gasteiger partial charge in [-0.25, -0.2) is 4.79 Å². The Bertz CT molecular complexity index is 962. The van der Waals surface area contributed by atoms with Crippen LogP contribution >= 0.6 is 0 Å². The zero-order chi connectivity index (χ0) is 21.8. The monoisotopic (exact) mass is 425 g/mol. The first-order valence-electron chi connectivity index (χ1n) is 11.9. The summed E-state index contributed by atoms with van der Waals surface area (Å²) in [4.78, 5) is 31.7. The number of fused-ring (bicyclic) bond motifs is 1. The summed E-state index contributed by atoms with van der Waals surface area (Å²) in [6.45, 7) is 10.1. The van der Waals surface area contributed by atoms with Gasteiger partial charge in [0.1, 0.15) is 5.58 Å². The number of rotatable bonds is 6. The maximum absolute atomic E-state index is 12.9. The molecule has 2 fully saturated rings. The predicted octanol–water partition coefficient (Wildman–Crippen LogP) is 3.26. The number of piperazine rings is 1. The molecule has 4 rings (SSSR count). The van der Waals surface area contributed by atoms with E-state index in [1.807, 2.05) is 12.1 Å².